The molecule has 1 aromatic heterocycles. The molecule has 2 aromatic carbocycles. The molecule has 148 valence electrons. The van der Waals surface area contributed by atoms with Gasteiger partial charge >= 0.3 is 0 Å². The Hall–Kier alpha value is -2.70. The predicted octanol–water partition coefficient (Wildman–Crippen LogP) is 4.50. The second-order valence-electron chi connectivity index (χ2n) is 6.95. The summed E-state index contributed by atoms with van der Waals surface area (Å²) in [5.41, 5.74) is 2.07. The highest BCUT2D eigenvalue weighted by molar-refractivity contribution is 7.13. The van der Waals surface area contributed by atoms with E-state index in [-0.39, 0.29) is 17.9 Å². The monoisotopic (exact) mass is 425 g/mol. The van der Waals surface area contributed by atoms with Gasteiger partial charge in [-0.3, -0.25) is 9.59 Å². The topological polar surface area (TPSA) is 62.3 Å². The summed E-state index contributed by atoms with van der Waals surface area (Å²) in [6.45, 7) is 1.21. The number of likely N-dealkylation sites (tertiary alicyclic amines) is 1. The number of piperidine rings is 1. The molecule has 1 aliphatic heterocycles. The summed E-state index contributed by atoms with van der Waals surface area (Å²) in [6, 6.07) is 16.7. The fourth-order valence-corrected chi connectivity index (χ4v) is 4.27. The minimum absolute atomic E-state index is 0.0608. The maximum absolute atomic E-state index is 12.8. The smallest absolute Gasteiger partial charge is 0.273 e. The third kappa shape index (κ3) is 4.66. The van der Waals surface area contributed by atoms with E-state index in [2.05, 4.69) is 10.3 Å². The van der Waals surface area contributed by atoms with Crippen LogP contribution in [0.3, 0.4) is 0 Å². The molecule has 0 atom stereocenters. The van der Waals surface area contributed by atoms with Crippen LogP contribution >= 0.6 is 22.9 Å². The van der Waals surface area contributed by atoms with Gasteiger partial charge in [0.25, 0.3) is 11.8 Å². The first-order valence-electron chi connectivity index (χ1n) is 9.47. The molecular weight excluding hydrogens is 406 g/mol. The Labute approximate surface area is 178 Å². The molecule has 2 heterocycles. The van der Waals surface area contributed by atoms with Crippen molar-refractivity contribution in [3.63, 3.8) is 0 Å². The predicted molar refractivity (Wildman–Crippen MR) is 115 cm³/mol. The van der Waals surface area contributed by atoms with Crippen molar-refractivity contribution in [2.75, 3.05) is 13.1 Å². The lowest BCUT2D eigenvalue weighted by molar-refractivity contribution is 0.0693. The van der Waals surface area contributed by atoms with Crippen LogP contribution in [0.1, 0.15) is 33.7 Å². The minimum Gasteiger partial charge on any atom is -0.349 e. The second-order valence-corrected chi connectivity index (χ2v) is 8.25. The summed E-state index contributed by atoms with van der Waals surface area (Å²) in [7, 11) is 0. The van der Waals surface area contributed by atoms with Gasteiger partial charge in [-0.05, 0) is 37.1 Å². The van der Waals surface area contributed by atoms with E-state index in [9.17, 15) is 9.59 Å². The molecule has 0 aliphatic carbocycles. The Bertz CT molecular complexity index is 996. The van der Waals surface area contributed by atoms with Gasteiger partial charge in [-0.15, -0.1) is 11.3 Å². The first kappa shape index (κ1) is 19.6. The molecule has 3 aromatic rings. The number of hydrogen-bond donors (Lipinski definition) is 1. The normalized spacial score (nSPS) is 14.6. The van der Waals surface area contributed by atoms with Crippen molar-refractivity contribution >= 4 is 34.8 Å². The van der Waals surface area contributed by atoms with Crippen LogP contribution in [0.15, 0.2) is 60.0 Å². The fourth-order valence-electron chi connectivity index (χ4n) is 3.34. The highest BCUT2D eigenvalue weighted by atomic mass is 35.5. The number of halogens is 1. The van der Waals surface area contributed by atoms with E-state index in [0.29, 0.717) is 29.4 Å². The summed E-state index contributed by atoms with van der Waals surface area (Å²) >= 11 is 7.38. The molecule has 29 heavy (non-hydrogen) atoms. The molecule has 0 unspecified atom stereocenters. The molecule has 0 saturated carbocycles. The van der Waals surface area contributed by atoms with Crippen LogP contribution in [-0.2, 0) is 0 Å². The molecule has 2 amide bonds. The Morgan fingerprint density at radius 3 is 2.41 bits per heavy atom. The Morgan fingerprint density at radius 1 is 1.03 bits per heavy atom. The minimum atomic E-state index is -0.0671. The van der Waals surface area contributed by atoms with Crippen molar-refractivity contribution in [1.29, 1.82) is 0 Å². The number of amides is 2. The number of carbonyl (C=O) groups excluding carboxylic acids is 2. The van der Waals surface area contributed by atoms with E-state index in [4.69, 9.17) is 11.6 Å². The number of thiazole rings is 1. The van der Waals surface area contributed by atoms with Crippen molar-refractivity contribution in [3.8, 4) is 10.6 Å². The van der Waals surface area contributed by atoms with E-state index < -0.39 is 0 Å². The van der Waals surface area contributed by atoms with Gasteiger partial charge in [0.2, 0.25) is 0 Å². The standard InChI is InChI=1S/C22H20ClN3O2S/c23-17-8-6-16(7-9-17)21-25-19(14-29-21)22(28)26-12-10-18(11-13-26)24-20(27)15-4-2-1-3-5-15/h1-9,14,18H,10-13H2,(H,24,27). The first-order valence-corrected chi connectivity index (χ1v) is 10.7. The average molecular weight is 426 g/mol. The van der Waals surface area contributed by atoms with Crippen LogP contribution in [0.4, 0.5) is 0 Å². The summed E-state index contributed by atoms with van der Waals surface area (Å²) in [5, 5.41) is 6.34. The highest BCUT2D eigenvalue weighted by Crippen LogP contribution is 2.26. The average Bonchev–Trinajstić information content (AvgIpc) is 3.25. The van der Waals surface area contributed by atoms with Gasteiger partial charge in [-0.1, -0.05) is 41.9 Å². The molecule has 0 radical (unpaired) electrons. The van der Waals surface area contributed by atoms with Crippen molar-refractivity contribution in [3.05, 3.63) is 76.3 Å². The number of aromatic nitrogens is 1. The number of hydrogen-bond acceptors (Lipinski definition) is 4. The lowest BCUT2D eigenvalue weighted by Gasteiger charge is -2.32. The van der Waals surface area contributed by atoms with Crippen molar-refractivity contribution < 1.29 is 9.59 Å². The largest absolute Gasteiger partial charge is 0.349 e. The summed E-state index contributed by atoms with van der Waals surface area (Å²) in [6.07, 6.45) is 1.47. The summed E-state index contributed by atoms with van der Waals surface area (Å²) in [4.78, 5) is 31.4. The molecule has 1 fully saturated rings. The van der Waals surface area contributed by atoms with Crippen LogP contribution in [0.5, 0.6) is 0 Å². The number of carbonyl (C=O) groups is 2. The molecule has 1 N–H and O–H groups in total. The molecule has 5 nitrogen and oxygen atoms in total. The van der Waals surface area contributed by atoms with Gasteiger partial charge in [-0.25, -0.2) is 4.98 Å². The Kier molecular flexibility index (Phi) is 5.92. The molecule has 0 bridgehead atoms. The highest BCUT2D eigenvalue weighted by Gasteiger charge is 2.26. The van der Waals surface area contributed by atoms with E-state index in [1.165, 1.54) is 11.3 Å². The second kappa shape index (κ2) is 8.76. The van der Waals surface area contributed by atoms with Crippen LogP contribution in [-0.4, -0.2) is 40.8 Å². The van der Waals surface area contributed by atoms with Crippen LogP contribution in [0, 0.1) is 0 Å². The van der Waals surface area contributed by atoms with E-state index in [0.717, 1.165) is 23.4 Å². The number of nitrogens with zero attached hydrogens (tertiary/aromatic N) is 2. The lowest BCUT2D eigenvalue weighted by atomic mass is 10.0. The summed E-state index contributed by atoms with van der Waals surface area (Å²) in [5.74, 6) is -0.128. The van der Waals surface area contributed by atoms with Gasteiger partial charge in [0.05, 0.1) is 0 Å². The van der Waals surface area contributed by atoms with Gasteiger partial charge in [0.15, 0.2) is 0 Å². The van der Waals surface area contributed by atoms with Gasteiger partial charge in [0, 0.05) is 40.7 Å². The van der Waals surface area contributed by atoms with Gasteiger partial charge in [-0.2, -0.15) is 0 Å². The first-order chi connectivity index (χ1) is 14.1. The number of rotatable bonds is 4. The molecular formula is C22H20ClN3O2S. The lowest BCUT2D eigenvalue weighted by Crippen LogP contribution is -2.46. The van der Waals surface area contributed by atoms with Crippen LogP contribution in [0.25, 0.3) is 10.6 Å². The molecule has 1 saturated heterocycles. The van der Waals surface area contributed by atoms with Crippen LogP contribution in [0.2, 0.25) is 5.02 Å². The van der Waals surface area contributed by atoms with Crippen LogP contribution < -0.4 is 5.32 Å². The van der Waals surface area contributed by atoms with Gasteiger partial charge < -0.3 is 10.2 Å². The Balaban J connectivity index is 1.33. The zero-order valence-electron chi connectivity index (χ0n) is 15.7. The van der Waals surface area contributed by atoms with E-state index >= 15 is 0 Å². The third-order valence-electron chi connectivity index (χ3n) is 4.97. The van der Waals surface area contributed by atoms with E-state index in [1.54, 1.807) is 17.5 Å². The van der Waals surface area contributed by atoms with Gasteiger partial charge in [0.1, 0.15) is 10.7 Å². The van der Waals surface area contributed by atoms with Crippen molar-refractivity contribution in [2.45, 2.75) is 18.9 Å². The van der Waals surface area contributed by atoms with E-state index in [1.807, 2.05) is 47.4 Å². The molecule has 1 aliphatic rings. The fraction of sp³-hybridized carbons (Fsp3) is 0.227. The maximum atomic E-state index is 12.8. The molecule has 4 rings (SSSR count). The molecule has 7 heteroatoms. The zero-order valence-corrected chi connectivity index (χ0v) is 17.2. The maximum Gasteiger partial charge on any atom is 0.273 e. The SMILES string of the molecule is O=C(NC1CCN(C(=O)c2csc(-c3ccc(Cl)cc3)n2)CC1)c1ccccc1. The number of benzene rings is 2. The zero-order chi connectivity index (χ0) is 20.2. The third-order valence-corrected chi connectivity index (χ3v) is 6.11. The Morgan fingerprint density at radius 2 is 1.72 bits per heavy atom. The van der Waals surface area contributed by atoms with Crippen molar-refractivity contribution in [2.24, 2.45) is 0 Å². The number of nitrogens with one attached hydrogen (secondary N) is 1. The summed E-state index contributed by atoms with van der Waals surface area (Å²) < 4.78 is 0. The molecule has 0 spiro atoms. The quantitative estimate of drug-likeness (QED) is 0.669. The van der Waals surface area contributed by atoms with Crippen molar-refractivity contribution in [1.82, 2.24) is 15.2 Å².